The third kappa shape index (κ3) is 4.07. The second-order valence-electron chi connectivity index (χ2n) is 6.42. The summed E-state index contributed by atoms with van der Waals surface area (Å²) < 4.78 is 5.59. The van der Waals surface area contributed by atoms with E-state index in [1.807, 2.05) is 57.2 Å². The highest BCUT2D eigenvalue weighted by Crippen LogP contribution is 2.37. The summed E-state index contributed by atoms with van der Waals surface area (Å²) in [6, 6.07) is 11.5. The van der Waals surface area contributed by atoms with Gasteiger partial charge in [0.1, 0.15) is 11.5 Å². The van der Waals surface area contributed by atoms with Crippen molar-refractivity contribution in [3.8, 4) is 0 Å². The minimum atomic E-state index is -0.415. The number of rotatable bonds is 5. The fourth-order valence-corrected chi connectivity index (χ4v) is 3.90. The molecule has 0 spiro atoms. The van der Waals surface area contributed by atoms with E-state index >= 15 is 0 Å². The summed E-state index contributed by atoms with van der Waals surface area (Å²) in [5.74, 6) is 1.42. The first-order chi connectivity index (χ1) is 11.9. The number of furan rings is 1. The number of aryl methyl sites for hydroxylation is 1. The maximum absolute atomic E-state index is 12.8. The first-order valence-corrected chi connectivity index (χ1v) is 9.23. The van der Waals surface area contributed by atoms with Crippen LogP contribution in [0.25, 0.3) is 0 Å². The minimum absolute atomic E-state index is 0.0295. The predicted molar refractivity (Wildman–Crippen MR) is 98.5 cm³/mol. The molecule has 3 rings (SSSR count). The normalized spacial score (nSPS) is 16.5. The number of nitrogens with zero attached hydrogens (tertiary/aromatic N) is 1. The van der Waals surface area contributed by atoms with Crippen LogP contribution in [-0.2, 0) is 16.1 Å². The van der Waals surface area contributed by atoms with Crippen molar-refractivity contribution in [3.05, 3.63) is 47.9 Å². The largest absolute Gasteiger partial charge is 0.464 e. The lowest BCUT2D eigenvalue weighted by Crippen LogP contribution is -2.40. The van der Waals surface area contributed by atoms with Crippen LogP contribution in [0.3, 0.4) is 0 Å². The topological polar surface area (TPSA) is 62.6 Å². The standard InChI is InChI=1S/C19H22N2O3S/c1-12(2)21(11-14-9-8-13(3)24-14)18(22)10-17-19(23)20-15-6-4-5-7-16(15)25-17/h4-9,12,17H,10-11H2,1-3H3,(H,20,23)/t17-/m0/s1. The molecular formula is C19H22N2O3S. The highest BCUT2D eigenvalue weighted by molar-refractivity contribution is 8.01. The lowest BCUT2D eigenvalue weighted by Gasteiger charge is -2.29. The summed E-state index contributed by atoms with van der Waals surface area (Å²) in [5, 5.41) is 2.47. The van der Waals surface area contributed by atoms with E-state index in [2.05, 4.69) is 5.32 Å². The Kier molecular flexibility index (Phi) is 5.18. The second kappa shape index (κ2) is 7.35. The SMILES string of the molecule is Cc1ccc(CN(C(=O)C[C@@H]2Sc3ccccc3NC2=O)C(C)C)o1. The van der Waals surface area contributed by atoms with Crippen molar-refractivity contribution in [1.82, 2.24) is 4.90 Å². The monoisotopic (exact) mass is 358 g/mol. The molecule has 0 aliphatic carbocycles. The predicted octanol–water partition coefficient (Wildman–Crippen LogP) is 3.83. The van der Waals surface area contributed by atoms with Gasteiger partial charge in [-0.25, -0.2) is 0 Å². The smallest absolute Gasteiger partial charge is 0.238 e. The fraction of sp³-hybridized carbons (Fsp3) is 0.368. The molecule has 1 aromatic heterocycles. The Labute approximate surface area is 151 Å². The van der Waals surface area contributed by atoms with Crippen molar-refractivity contribution >= 4 is 29.3 Å². The Morgan fingerprint density at radius 2 is 2.04 bits per heavy atom. The van der Waals surface area contributed by atoms with E-state index in [0.717, 1.165) is 22.1 Å². The summed E-state index contributed by atoms with van der Waals surface area (Å²) in [6.07, 6.45) is 0.169. The van der Waals surface area contributed by atoms with E-state index in [1.165, 1.54) is 11.8 Å². The lowest BCUT2D eigenvalue weighted by atomic mass is 10.2. The van der Waals surface area contributed by atoms with Gasteiger partial charge in [-0.05, 0) is 45.0 Å². The molecule has 2 amide bonds. The number of hydrogen-bond acceptors (Lipinski definition) is 4. The van der Waals surface area contributed by atoms with Crippen molar-refractivity contribution in [2.75, 3.05) is 5.32 Å². The fourth-order valence-electron chi connectivity index (χ4n) is 2.80. The van der Waals surface area contributed by atoms with Gasteiger partial charge < -0.3 is 14.6 Å². The van der Waals surface area contributed by atoms with E-state index in [9.17, 15) is 9.59 Å². The zero-order valence-corrected chi connectivity index (χ0v) is 15.4. The molecule has 1 aliphatic heterocycles. The van der Waals surface area contributed by atoms with Crippen LogP contribution in [0, 0.1) is 6.92 Å². The van der Waals surface area contributed by atoms with Gasteiger partial charge in [0, 0.05) is 17.4 Å². The molecule has 1 aliphatic rings. The third-order valence-corrected chi connectivity index (χ3v) is 5.41. The van der Waals surface area contributed by atoms with Crippen LogP contribution in [0.4, 0.5) is 5.69 Å². The Hall–Kier alpha value is -2.21. The minimum Gasteiger partial charge on any atom is -0.464 e. The van der Waals surface area contributed by atoms with Crippen LogP contribution >= 0.6 is 11.8 Å². The van der Waals surface area contributed by atoms with Gasteiger partial charge in [-0.2, -0.15) is 0 Å². The molecular weight excluding hydrogens is 336 g/mol. The van der Waals surface area contributed by atoms with Gasteiger partial charge in [-0.1, -0.05) is 12.1 Å². The molecule has 1 aromatic carbocycles. The maximum atomic E-state index is 12.8. The molecule has 132 valence electrons. The summed E-state index contributed by atoms with van der Waals surface area (Å²) in [7, 11) is 0. The Balaban J connectivity index is 1.70. The highest BCUT2D eigenvalue weighted by atomic mass is 32.2. The zero-order chi connectivity index (χ0) is 18.0. The molecule has 0 saturated heterocycles. The Morgan fingerprint density at radius 3 is 2.72 bits per heavy atom. The number of fused-ring (bicyclic) bond motifs is 1. The van der Waals surface area contributed by atoms with Gasteiger partial charge in [-0.15, -0.1) is 11.8 Å². The van der Waals surface area contributed by atoms with E-state index in [-0.39, 0.29) is 24.3 Å². The number of carbonyl (C=O) groups is 2. The van der Waals surface area contributed by atoms with Crippen molar-refractivity contribution < 1.29 is 14.0 Å². The third-order valence-electron chi connectivity index (χ3n) is 4.13. The second-order valence-corrected chi connectivity index (χ2v) is 7.67. The van der Waals surface area contributed by atoms with Crippen molar-refractivity contribution in [2.45, 2.75) is 49.9 Å². The molecule has 2 aromatic rings. The van der Waals surface area contributed by atoms with Crippen LogP contribution < -0.4 is 5.32 Å². The number of amides is 2. The number of nitrogens with one attached hydrogen (secondary N) is 1. The average Bonchev–Trinajstić information content (AvgIpc) is 2.98. The number of carbonyl (C=O) groups excluding carboxylic acids is 2. The number of hydrogen-bond donors (Lipinski definition) is 1. The number of para-hydroxylation sites is 1. The van der Waals surface area contributed by atoms with Gasteiger partial charge in [0.15, 0.2) is 0 Å². The van der Waals surface area contributed by atoms with Gasteiger partial charge in [0.05, 0.1) is 17.5 Å². The molecule has 0 saturated carbocycles. The molecule has 1 atom stereocenters. The van der Waals surface area contributed by atoms with E-state index in [0.29, 0.717) is 6.54 Å². The van der Waals surface area contributed by atoms with Gasteiger partial charge in [0.25, 0.3) is 0 Å². The van der Waals surface area contributed by atoms with Gasteiger partial charge in [0.2, 0.25) is 11.8 Å². The first-order valence-electron chi connectivity index (χ1n) is 8.35. The molecule has 0 radical (unpaired) electrons. The molecule has 1 N–H and O–H groups in total. The zero-order valence-electron chi connectivity index (χ0n) is 14.6. The van der Waals surface area contributed by atoms with Gasteiger partial charge in [-0.3, -0.25) is 9.59 Å². The summed E-state index contributed by atoms with van der Waals surface area (Å²) >= 11 is 1.45. The lowest BCUT2D eigenvalue weighted by molar-refractivity contribution is -0.135. The highest BCUT2D eigenvalue weighted by Gasteiger charge is 2.31. The molecule has 0 bridgehead atoms. The number of thioether (sulfide) groups is 1. The first kappa shape index (κ1) is 17.6. The van der Waals surface area contributed by atoms with Gasteiger partial charge >= 0.3 is 0 Å². The van der Waals surface area contributed by atoms with Crippen molar-refractivity contribution in [1.29, 1.82) is 0 Å². The molecule has 6 heteroatoms. The van der Waals surface area contributed by atoms with Crippen molar-refractivity contribution in [2.24, 2.45) is 0 Å². The van der Waals surface area contributed by atoms with Crippen LogP contribution in [0.5, 0.6) is 0 Å². The van der Waals surface area contributed by atoms with Crippen LogP contribution in [-0.4, -0.2) is 28.0 Å². The summed E-state index contributed by atoms with van der Waals surface area (Å²) in [6.45, 7) is 6.24. The van der Waals surface area contributed by atoms with E-state index in [4.69, 9.17) is 4.42 Å². The van der Waals surface area contributed by atoms with E-state index in [1.54, 1.807) is 4.90 Å². The Bertz CT molecular complexity index is 784. The quantitative estimate of drug-likeness (QED) is 0.882. The number of anilines is 1. The molecule has 25 heavy (non-hydrogen) atoms. The molecule has 5 nitrogen and oxygen atoms in total. The van der Waals surface area contributed by atoms with Crippen molar-refractivity contribution in [3.63, 3.8) is 0 Å². The maximum Gasteiger partial charge on any atom is 0.238 e. The van der Waals surface area contributed by atoms with E-state index < -0.39 is 5.25 Å². The molecule has 2 heterocycles. The molecule has 0 unspecified atom stereocenters. The van der Waals surface area contributed by atoms with Crippen LogP contribution in [0.1, 0.15) is 31.8 Å². The summed E-state index contributed by atoms with van der Waals surface area (Å²) in [5.41, 5.74) is 0.813. The summed E-state index contributed by atoms with van der Waals surface area (Å²) in [4.78, 5) is 27.9. The Morgan fingerprint density at radius 1 is 1.28 bits per heavy atom. The number of benzene rings is 1. The van der Waals surface area contributed by atoms with Crippen LogP contribution in [0.2, 0.25) is 0 Å². The molecule has 0 fully saturated rings. The average molecular weight is 358 g/mol. The van der Waals surface area contributed by atoms with Crippen LogP contribution in [0.15, 0.2) is 45.7 Å².